The van der Waals surface area contributed by atoms with Gasteiger partial charge in [-0.25, -0.2) is 0 Å². The molecule has 1 aromatic rings. The van der Waals surface area contributed by atoms with Gasteiger partial charge in [-0.15, -0.1) is 0 Å². The number of nitro benzene ring substituents is 1. The maximum Gasteiger partial charge on any atom is 0.273 e. The van der Waals surface area contributed by atoms with E-state index in [4.69, 9.17) is 0 Å². The molecule has 1 N–H and O–H groups in total. The van der Waals surface area contributed by atoms with Crippen molar-refractivity contribution in [2.75, 3.05) is 6.54 Å². The summed E-state index contributed by atoms with van der Waals surface area (Å²) in [5.74, 6) is 0. The monoisotopic (exact) mass is 180 g/mol. The second-order valence-corrected chi connectivity index (χ2v) is 2.67. The third-order valence-electron chi connectivity index (χ3n) is 1.75. The topological polar surface area (TPSA) is 55.2 Å². The van der Waals surface area contributed by atoms with Gasteiger partial charge in [0.2, 0.25) is 0 Å². The van der Waals surface area contributed by atoms with Gasteiger partial charge in [-0.3, -0.25) is 10.1 Å². The van der Waals surface area contributed by atoms with E-state index in [9.17, 15) is 10.1 Å². The van der Waals surface area contributed by atoms with Gasteiger partial charge in [0, 0.05) is 18.2 Å². The summed E-state index contributed by atoms with van der Waals surface area (Å²) in [7, 11) is 0. The van der Waals surface area contributed by atoms with Crippen molar-refractivity contribution in [3.63, 3.8) is 0 Å². The van der Waals surface area contributed by atoms with Crippen molar-refractivity contribution in [1.29, 1.82) is 0 Å². The molecular formula is C9H12N2O2. The first-order valence-electron chi connectivity index (χ1n) is 4.18. The molecule has 70 valence electrons. The highest BCUT2D eigenvalue weighted by atomic mass is 16.6. The van der Waals surface area contributed by atoms with Gasteiger partial charge < -0.3 is 5.32 Å². The fourth-order valence-corrected chi connectivity index (χ4v) is 1.10. The van der Waals surface area contributed by atoms with E-state index in [-0.39, 0.29) is 10.6 Å². The Kier molecular flexibility index (Phi) is 3.40. The summed E-state index contributed by atoms with van der Waals surface area (Å²) in [6, 6.07) is 6.76. The molecule has 0 unspecified atom stereocenters. The Hall–Kier alpha value is -1.42. The van der Waals surface area contributed by atoms with E-state index >= 15 is 0 Å². The SMILES string of the molecule is CCNCc1ccccc1[N+](=O)[O-]. The van der Waals surface area contributed by atoms with Gasteiger partial charge in [-0.05, 0) is 6.54 Å². The van der Waals surface area contributed by atoms with Crippen LogP contribution in [0.25, 0.3) is 0 Å². The van der Waals surface area contributed by atoms with Crippen LogP contribution in [-0.4, -0.2) is 11.5 Å². The molecule has 0 aliphatic carbocycles. The normalized spacial score (nSPS) is 9.92. The fraction of sp³-hybridized carbons (Fsp3) is 0.333. The number of nitrogens with one attached hydrogen (secondary N) is 1. The maximum absolute atomic E-state index is 10.6. The maximum atomic E-state index is 10.6. The minimum absolute atomic E-state index is 0.184. The molecule has 0 aromatic heterocycles. The number of hydrogen-bond donors (Lipinski definition) is 1. The second-order valence-electron chi connectivity index (χ2n) is 2.67. The molecule has 13 heavy (non-hydrogen) atoms. The van der Waals surface area contributed by atoms with Crippen molar-refractivity contribution in [3.05, 3.63) is 39.9 Å². The highest BCUT2D eigenvalue weighted by Gasteiger charge is 2.10. The predicted octanol–water partition coefficient (Wildman–Crippen LogP) is 1.70. The van der Waals surface area contributed by atoms with Crippen LogP contribution >= 0.6 is 0 Å². The average Bonchev–Trinajstić information content (AvgIpc) is 2.15. The third-order valence-corrected chi connectivity index (χ3v) is 1.75. The molecule has 0 spiro atoms. The van der Waals surface area contributed by atoms with Gasteiger partial charge in [0.05, 0.1) is 4.92 Å². The Labute approximate surface area is 76.7 Å². The minimum Gasteiger partial charge on any atom is -0.313 e. The summed E-state index contributed by atoms with van der Waals surface area (Å²) in [6.45, 7) is 3.33. The van der Waals surface area contributed by atoms with Gasteiger partial charge in [0.15, 0.2) is 0 Å². The van der Waals surface area contributed by atoms with Crippen LogP contribution in [0.1, 0.15) is 12.5 Å². The molecular weight excluding hydrogens is 168 g/mol. The largest absolute Gasteiger partial charge is 0.313 e. The summed E-state index contributed by atoms with van der Waals surface area (Å²) in [6.07, 6.45) is 0. The first kappa shape index (κ1) is 9.67. The van der Waals surface area contributed by atoms with Gasteiger partial charge in [-0.2, -0.15) is 0 Å². The van der Waals surface area contributed by atoms with E-state index in [1.54, 1.807) is 18.2 Å². The molecule has 0 saturated heterocycles. The molecule has 0 saturated carbocycles. The number of rotatable bonds is 4. The van der Waals surface area contributed by atoms with Crippen molar-refractivity contribution < 1.29 is 4.92 Å². The fourth-order valence-electron chi connectivity index (χ4n) is 1.10. The molecule has 0 atom stereocenters. The average molecular weight is 180 g/mol. The Balaban J connectivity index is 2.84. The van der Waals surface area contributed by atoms with E-state index < -0.39 is 0 Å². The van der Waals surface area contributed by atoms with Crippen LogP contribution in [0.3, 0.4) is 0 Å². The Bertz CT molecular complexity index is 299. The van der Waals surface area contributed by atoms with Gasteiger partial charge in [-0.1, -0.05) is 25.1 Å². The number of nitro groups is 1. The Morgan fingerprint density at radius 3 is 2.77 bits per heavy atom. The Morgan fingerprint density at radius 1 is 1.46 bits per heavy atom. The first-order chi connectivity index (χ1) is 6.25. The summed E-state index contributed by atoms with van der Waals surface area (Å²) in [5.41, 5.74) is 0.915. The molecule has 0 amide bonds. The van der Waals surface area contributed by atoms with E-state index in [1.165, 1.54) is 6.07 Å². The molecule has 0 heterocycles. The van der Waals surface area contributed by atoms with Crippen molar-refractivity contribution in [3.8, 4) is 0 Å². The molecule has 1 aromatic carbocycles. The molecule has 0 aliphatic heterocycles. The molecule has 0 fully saturated rings. The first-order valence-corrected chi connectivity index (χ1v) is 4.18. The quantitative estimate of drug-likeness (QED) is 0.566. The molecule has 0 radical (unpaired) electrons. The van der Waals surface area contributed by atoms with Crippen LogP contribution in [0, 0.1) is 10.1 Å². The van der Waals surface area contributed by atoms with Crippen LogP contribution in [0.2, 0.25) is 0 Å². The molecule has 0 bridgehead atoms. The molecule has 4 heteroatoms. The van der Waals surface area contributed by atoms with E-state index in [2.05, 4.69) is 5.32 Å². The van der Waals surface area contributed by atoms with Crippen LogP contribution in [0.15, 0.2) is 24.3 Å². The Morgan fingerprint density at radius 2 is 2.15 bits per heavy atom. The molecule has 0 aliphatic rings. The lowest BCUT2D eigenvalue weighted by atomic mass is 10.2. The lowest BCUT2D eigenvalue weighted by Crippen LogP contribution is -2.12. The summed E-state index contributed by atoms with van der Waals surface area (Å²) in [5, 5.41) is 13.6. The van der Waals surface area contributed by atoms with Crippen molar-refractivity contribution in [2.45, 2.75) is 13.5 Å². The zero-order valence-electron chi connectivity index (χ0n) is 7.49. The van der Waals surface area contributed by atoms with Gasteiger partial charge in [0.25, 0.3) is 5.69 Å². The van der Waals surface area contributed by atoms with Crippen LogP contribution < -0.4 is 5.32 Å². The van der Waals surface area contributed by atoms with Crippen molar-refractivity contribution in [1.82, 2.24) is 5.32 Å². The smallest absolute Gasteiger partial charge is 0.273 e. The number of benzene rings is 1. The van der Waals surface area contributed by atoms with Crippen LogP contribution in [0.5, 0.6) is 0 Å². The number of nitrogens with zero attached hydrogens (tertiary/aromatic N) is 1. The minimum atomic E-state index is -0.354. The standard InChI is InChI=1S/C9H12N2O2/c1-2-10-7-8-5-3-4-6-9(8)11(12)13/h3-6,10H,2,7H2,1H3. The number of para-hydroxylation sites is 1. The zero-order valence-corrected chi connectivity index (χ0v) is 7.49. The highest BCUT2D eigenvalue weighted by molar-refractivity contribution is 5.39. The summed E-state index contributed by atoms with van der Waals surface area (Å²) >= 11 is 0. The number of hydrogen-bond acceptors (Lipinski definition) is 3. The molecule has 1 rings (SSSR count). The van der Waals surface area contributed by atoms with Gasteiger partial charge >= 0.3 is 0 Å². The highest BCUT2D eigenvalue weighted by Crippen LogP contribution is 2.16. The van der Waals surface area contributed by atoms with Crippen LogP contribution in [0.4, 0.5) is 5.69 Å². The molecule has 4 nitrogen and oxygen atoms in total. The lowest BCUT2D eigenvalue weighted by Gasteiger charge is -2.02. The van der Waals surface area contributed by atoms with Crippen LogP contribution in [-0.2, 0) is 6.54 Å². The second kappa shape index (κ2) is 4.57. The van der Waals surface area contributed by atoms with E-state index in [1.807, 2.05) is 6.92 Å². The summed E-state index contributed by atoms with van der Waals surface area (Å²) in [4.78, 5) is 10.2. The zero-order chi connectivity index (χ0) is 9.68. The lowest BCUT2D eigenvalue weighted by molar-refractivity contribution is -0.385. The van der Waals surface area contributed by atoms with E-state index in [0.717, 1.165) is 12.1 Å². The summed E-state index contributed by atoms with van der Waals surface area (Å²) < 4.78 is 0. The van der Waals surface area contributed by atoms with Crippen molar-refractivity contribution >= 4 is 5.69 Å². The van der Waals surface area contributed by atoms with E-state index in [0.29, 0.717) is 6.54 Å². The third kappa shape index (κ3) is 2.52. The van der Waals surface area contributed by atoms with Gasteiger partial charge in [0.1, 0.15) is 0 Å². The predicted molar refractivity (Wildman–Crippen MR) is 50.5 cm³/mol. The van der Waals surface area contributed by atoms with Crippen molar-refractivity contribution in [2.24, 2.45) is 0 Å².